The van der Waals surface area contributed by atoms with Crippen molar-refractivity contribution in [2.45, 2.75) is 71.1 Å². The van der Waals surface area contributed by atoms with Gasteiger partial charge in [0.2, 0.25) is 11.8 Å². The molecule has 4 atom stereocenters. The molecule has 1 aliphatic carbocycles. The van der Waals surface area contributed by atoms with Gasteiger partial charge < -0.3 is 24.2 Å². The highest BCUT2D eigenvalue weighted by Crippen LogP contribution is 2.48. The molecule has 8 nitrogen and oxygen atoms in total. The van der Waals surface area contributed by atoms with E-state index in [0.717, 1.165) is 27.9 Å². The first kappa shape index (κ1) is 38.3. The van der Waals surface area contributed by atoms with Crippen LogP contribution >= 0.6 is 0 Å². The van der Waals surface area contributed by atoms with Crippen molar-refractivity contribution >= 4 is 42.3 Å². The SMILES string of the molecule is CC/C(=C\c1ccc(CO)o1)CC[C@@H](O)C1=C(CO[Si](c2ccccc2)(c2ccccc2)C(C)(C)C)C[C@H]2C(=O)N(c3ccccc3)C(=O)[C@H]2[C@H]1CO. The number of hydrogen-bond donors (Lipinski definition) is 3. The van der Waals surface area contributed by atoms with E-state index in [-0.39, 0.29) is 36.5 Å². The fourth-order valence-corrected chi connectivity index (χ4v) is 13.0. The third kappa shape index (κ3) is 7.54. The molecule has 1 aromatic heterocycles. The second-order valence-electron chi connectivity index (χ2n) is 15.2. The number of para-hydroxylation sites is 1. The summed E-state index contributed by atoms with van der Waals surface area (Å²) in [5.41, 5.74) is 2.91. The molecule has 9 heteroatoms. The van der Waals surface area contributed by atoms with Crippen LogP contribution in [0.3, 0.4) is 0 Å². The van der Waals surface area contributed by atoms with E-state index in [1.54, 1.807) is 30.3 Å². The summed E-state index contributed by atoms with van der Waals surface area (Å²) < 4.78 is 13.1. The van der Waals surface area contributed by atoms with Crippen LogP contribution in [0.5, 0.6) is 0 Å². The van der Waals surface area contributed by atoms with Crippen LogP contribution in [0.4, 0.5) is 5.69 Å². The number of anilines is 1. The van der Waals surface area contributed by atoms with Crippen LogP contribution in [0, 0.1) is 17.8 Å². The van der Waals surface area contributed by atoms with Crippen molar-refractivity contribution in [3.05, 3.63) is 131 Å². The highest BCUT2D eigenvalue weighted by atomic mass is 28.4. The van der Waals surface area contributed by atoms with Gasteiger partial charge in [-0.05, 0) is 82.6 Å². The van der Waals surface area contributed by atoms with Crippen LogP contribution in [0.2, 0.25) is 5.04 Å². The number of fused-ring (bicyclic) bond motifs is 1. The molecule has 0 saturated carbocycles. The fourth-order valence-electron chi connectivity index (χ4n) is 8.47. The number of aliphatic hydroxyl groups excluding tert-OH is 3. The van der Waals surface area contributed by atoms with E-state index in [2.05, 4.69) is 45.0 Å². The summed E-state index contributed by atoms with van der Waals surface area (Å²) in [6, 6.07) is 33.1. The molecule has 0 spiro atoms. The van der Waals surface area contributed by atoms with Crippen LogP contribution in [0.15, 0.2) is 124 Å². The number of nitrogens with zero attached hydrogens (tertiary/aromatic N) is 1. The average molecular weight is 734 g/mol. The molecule has 0 radical (unpaired) electrons. The first-order valence-corrected chi connectivity index (χ1v) is 20.5. The molecule has 0 bridgehead atoms. The highest BCUT2D eigenvalue weighted by Gasteiger charge is 2.56. The highest BCUT2D eigenvalue weighted by molar-refractivity contribution is 6.99. The molecule has 1 aliphatic heterocycles. The molecule has 2 amide bonds. The molecular weight excluding hydrogens is 683 g/mol. The van der Waals surface area contributed by atoms with E-state index in [1.807, 2.05) is 61.5 Å². The maximum absolute atomic E-state index is 14.2. The van der Waals surface area contributed by atoms with Crippen LogP contribution < -0.4 is 15.3 Å². The number of hydrogen-bond acceptors (Lipinski definition) is 7. The Kier molecular flexibility index (Phi) is 11.8. The van der Waals surface area contributed by atoms with Crippen molar-refractivity contribution in [2.24, 2.45) is 17.8 Å². The Bertz CT molecular complexity index is 1890. The smallest absolute Gasteiger partial charge is 0.261 e. The summed E-state index contributed by atoms with van der Waals surface area (Å²) in [5, 5.41) is 34.6. The van der Waals surface area contributed by atoms with Gasteiger partial charge in [-0.2, -0.15) is 0 Å². The Morgan fingerprint density at radius 3 is 2.04 bits per heavy atom. The number of carbonyl (C=O) groups excluding carboxylic acids is 2. The third-order valence-electron chi connectivity index (χ3n) is 11.0. The Balaban J connectivity index is 1.41. The van der Waals surface area contributed by atoms with Gasteiger partial charge in [0.05, 0.1) is 36.8 Å². The van der Waals surface area contributed by atoms with Crippen molar-refractivity contribution < 1.29 is 33.8 Å². The van der Waals surface area contributed by atoms with E-state index >= 15 is 0 Å². The Morgan fingerprint density at radius 2 is 1.51 bits per heavy atom. The maximum Gasteiger partial charge on any atom is 0.261 e. The fraction of sp³-hybridized carbons (Fsp3) is 0.364. The van der Waals surface area contributed by atoms with Gasteiger partial charge in [0, 0.05) is 5.92 Å². The van der Waals surface area contributed by atoms with Gasteiger partial charge in [-0.3, -0.25) is 14.5 Å². The molecule has 0 unspecified atom stereocenters. The van der Waals surface area contributed by atoms with Gasteiger partial charge in [0.1, 0.15) is 18.1 Å². The Hall–Kier alpha value is -4.38. The number of benzene rings is 3. The second-order valence-corrected chi connectivity index (χ2v) is 19.5. The Labute approximate surface area is 313 Å². The minimum absolute atomic E-state index is 0.138. The standard InChI is InChI=1S/C44H51NO7Si/c1-5-30(25-33-22-23-34(27-46)52-33)21-24-39(48)40-31(26-37-41(38(40)28-47)43(50)45(42(37)49)32-15-9-6-10-16-32)29-51-53(44(2,3)4,35-17-11-7-12-18-35)36-19-13-8-14-20-36/h6-20,22-23,25,37-39,41,46-48H,5,21,24,26-29H2,1-4H3/b30-25+/t37-,38+,39-,41-/m1/s1. The minimum Gasteiger partial charge on any atom is -0.459 e. The monoisotopic (exact) mass is 733 g/mol. The van der Waals surface area contributed by atoms with Crippen molar-refractivity contribution in [3.63, 3.8) is 0 Å². The summed E-state index contributed by atoms with van der Waals surface area (Å²) in [4.78, 5) is 29.6. The molecule has 3 N–H and O–H groups in total. The lowest BCUT2D eigenvalue weighted by Crippen LogP contribution is -2.66. The number of amides is 2. The lowest BCUT2D eigenvalue weighted by molar-refractivity contribution is -0.123. The molecule has 2 heterocycles. The van der Waals surface area contributed by atoms with E-state index in [9.17, 15) is 24.9 Å². The largest absolute Gasteiger partial charge is 0.459 e. The first-order chi connectivity index (χ1) is 25.5. The predicted molar refractivity (Wildman–Crippen MR) is 210 cm³/mol. The third-order valence-corrected chi connectivity index (χ3v) is 16.0. The van der Waals surface area contributed by atoms with Crippen LogP contribution in [-0.2, 0) is 20.6 Å². The molecule has 1 saturated heterocycles. The first-order valence-electron chi connectivity index (χ1n) is 18.6. The molecule has 278 valence electrons. The van der Waals surface area contributed by atoms with Crippen LogP contribution in [0.1, 0.15) is 64.9 Å². The zero-order chi connectivity index (χ0) is 37.8. The molecule has 1 fully saturated rings. The van der Waals surface area contributed by atoms with E-state index < -0.39 is 38.8 Å². The van der Waals surface area contributed by atoms with Gasteiger partial charge in [-0.1, -0.05) is 112 Å². The average Bonchev–Trinajstić information content (AvgIpc) is 3.73. The topological polar surface area (TPSA) is 120 Å². The number of aliphatic hydroxyl groups is 3. The molecule has 2 aliphatic rings. The number of allylic oxidation sites excluding steroid dienone is 1. The number of furan rings is 1. The normalized spacial score (nSPS) is 20.2. The van der Waals surface area contributed by atoms with Crippen molar-refractivity contribution in [2.75, 3.05) is 18.1 Å². The maximum atomic E-state index is 14.2. The summed E-state index contributed by atoms with van der Waals surface area (Å²) in [6.07, 6.45) is 2.77. The van der Waals surface area contributed by atoms with Crippen molar-refractivity contribution in [1.82, 2.24) is 0 Å². The molecule has 3 aromatic carbocycles. The van der Waals surface area contributed by atoms with Crippen LogP contribution in [0.25, 0.3) is 6.08 Å². The number of imide groups is 1. The molecule has 4 aromatic rings. The summed E-state index contributed by atoms with van der Waals surface area (Å²) in [5.74, 6) is -1.81. The zero-order valence-electron chi connectivity index (χ0n) is 31.1. The number of rotatable bonds is 14. The summed E-state index contributed by atoms with van der Waals surface area (Å²) in [6.45, 7) is 8.20. The van der Waals surface area contributed by atoms with Crippen molar-refractivity contribution in [1.29, 1.82) is 0 Å². The molecule has 6 rings (SSSR count). The molecular formula is C44H51NO7Si. The minimum atomic E-state index is -3.02. The quantitative estimate of drug-likeness (QED) is 0.0780. The second kappa shape index (κ2) is 16.3. The zero-order valence-corrected chi connectivity index (χ0v) is 32.1. The molecule has 53 heavy (non-hydrogen) atoms. The lowest BCUT2D eigenvalue weighted by atomic mass is 9.68. The van der Waals surface area contributed by atoms with Gasteiger partial charge in [0.25, 0.3) is 8.32 Å². The van der Waals surface area contributed by atoms with Gasteiger partial charge in [0.15, 0.2) is 0 Å². The van der Waals surface area contributed by atoms with Gasteiger partial charge >= 0.3 is 0 Å². The summed E-state index contributed by atoms with van der Waals surface area (Å²) >= 11 is 0. The Morgan fingerprint density at radius 1 is 0.906 bits per heavy atom. The van der Waals surface area contributed by atoms with Crippen LogP contribution in [-0.4, -0.2) is 54.8 Å². The number of carbonyl (C=O) groups is 2. The predicted octanol–water partition coefficient (Wildman–Crippen LogP) is 6.40. The van der Waals surface area contributed by atoms with E-state index in [4.69, 9.17) is 8.84 Å². The van der Waals surface area contributed by atoms with E-state index in [1.165, 1.54) is 4.90 Å². The van der Waals surface area contributed by atoms with Gasteiger partial charge in [-0.25, -0.2) is 0 Å². The van der Waals surface area contributed by atoms with E-state index in [0.29, 0.717) is 35.6 Å². The van der Waals surface area contributed by atoms with Crippen molar-refractivity contribution in [3.8, 4) is 0 Å². The van der Waals surface area contributed by atoms with Gasteiger partial charge in [-0.15, -0.1) is 0 Å². The lowest BCUT2D eigenvalue weighted by Gasteiger charge is -2.44. The summed E-state index contributed by atoms with van der Waals surface area (Å²) in [7, 11) is -3.02.